The normalized spacial score (nSPS) is 12.9. The summed E-state index contributed by atoms with van der Waals surface area (Å²) in [7, 11) is 3.56. The largest absolute Gasteiger partial charge is 0.384 e. The minimum atomic E-state index is 0.0739. The van der Waals surface area contributed by atoms with Crippen LogP contribution in [0.25, 0.3) is 21.8 Å². The fraction of sp³-hybridized carbons (Fsp3) is 0.429. The van der Waals surface area contributed by atoms with Crippen molar-refractivity contribution < 1.29 is 4.79 Å². The summed E-state index contributed by atoms with van der Waals surface area (Å²) in [6, 6.07) is 3.81. The van der Waals surface area contributed by atoms with Crippen molar-refractivity contribution in [2.45, 2.75) is 45.6 Å². The number of fused-ring (bicyclic) bond motifs is 3. The first kappa shape index (κ1) is 19.6. The molecule has 0 atom stereocenters. The van der Waals surface area contributed by atoms with Gasteiger partial charge < -0.3 is 10.6 Å². The number of amides is 1. The lowest BCUT2D eigenvalue weighted by atomic mass is 10.0. The highest BCUT2D eigenvalue weighted by atomic mass is 32.1. The van der Waals surface area contributed by atoms with Gasteiger partial charge in [0, 0.05) is 38.0 Å². The van der Waals surface area contributed by atoms with Gasteiger partial charge in [0.05, 0.1) is 28.4 Å². The van der Waals surface area contributed by atoms with Crippen molar-refractivity contribution in [2.75, 3.05) is 19.8 Å². The number of rotatable bonds is 5. The van der Waals surface area contributed by atoms with Crippen LogP contribution in [0.2, 0.25) is 0 Å². The molecular weight excluding hydrogens is 384 g/mol. The summed E-state index contributed by atoms with van der Waals surface area (Å²) in [4.78, 5) is 24.0. The van der Waals surface area contributed by atoms with Gasteiger partial charge >= 0.3 is 0 Å². The SMILES string of the molecule is CCCn1nc(-c2ccc(N)nc2)c2c1-c1sc(CC(=O)N(C)C)nc1CCC2. The molecule has 1 aliphatic carbocycles. The van der Waals surface area contributed by atoms with Crippen LogP contribution in [0.1, 0.15) is 36.0 Å². The monoisotopic (exact) mass is 410 g/mol. The van der Waals surface area contributed by atoms with E-state index in [0.717, 1.165) is 64.8 Å². The average Bonchev–Trinajstić information content (AvgIpc) is 3.19. The Morgan fingerprint density at radius 1 is 1.31 bits per heavy atom. The van der Waals surface area contributed by atoms with Crippen LogP contribution in [0.5, 0.6) is 0 Å². The van der Waals surface area contributed by atoms with Gasteiger partial charge in [0.2, 0.25) is 5.91 Å². The Hall–Kier alpha value is -2.74. The van der Waals surface area contributed by atoms with Crippen LogP contribution in [0.4, 0.5) is 5.82 Å². The number of carbonyl (C=O) groups excluding carboxylic acids is 1. The summed E-state index contributed by atoms with van der Waals surface area (Å²) >= 11 is 1.63. The summed E-state index contributed by atoms with van der Waals surface area (Å²) in [6.07, 6.45) is 6.02. The molecule has 29 heavy (non-hydrogen) atoms. The number of hydrogen-bond acceptors (Lipinski definition) is 6. The first-order valence-corrected chi connectivity index (χ1v) is 10.8. The Bertz CT molecular complexity index is 1030. The van der Waals surface area contributed by atoms with E-state index in [-0.39, 0.29) is 5.91 Å². The van der Waals surface area contributed by atoms with E-state index in [2.05, 4.69) is 16.6 Å². The summed E-state index contributed by atoms with van der Waals surface area (Å²) in [5, 5.41) is 5.84. The standard InChI is InChI=1S/C21H26N6OS/c1-4-10-27-20-14(19(25-27)13-8-9-16(22)23-12-13)6-5-7-15-21(20)29-17(24-15)11-18(28)26(2)3/h8-9,12H,4-7,10-11H2,1-3H3,(H2,22,23). The number of nitrogens with two attached hydrogens (primary N) is 1. The molecule has 8 heteroatoms. The van der Waals surface area contributed by atoms with Gasteiger partial charge in [-0.3, -0.25) is 9.48 Å². The lowest BCUT2D eigenvalue weighted by Crippen LogP contribution is -2.23. The molecule has 3 aromatic heterocycles. The van der Waals surface area contributed by atoms with E-state index in [1.807, 2.05) is 12.1 Å². The molecule has 0 unspecified atom stereocenters. The van der Waals surface area contributed by atoms with Crippen molar-refractivity contribution in [1.82, 2.24) is 24.6 Å². The van der Waals surface area contributed by atoms with Crippen molar-refractivity contribution in [1.29, 1.82) is 0 Å². The molecule has 0 saturated carbocycles. The fourth-order valence-corrected chi connectivity index (χ4v) is 4.87. The van der Waals surface area contributed by atoms with E-state index in [0.29, 0.717) is 12.2 Å². The number of thiazole rings is 1. The number of carbonyl (C=O) groups is 1. The summed E-state index contributed by atoms with van der Waals surface area (Å²) in [5.74, 6) is 0.581. The minimum absolute atomic E-state index is 0.0739. The molecule has 3 aromatic rings. The lowest BCUT2D eigenvalue weighted by molar-refractivity contribution is -0.127. The molecule has 152 valence electrons. The highest BCUT2D eigenvalue weighted by molar-refractivity contribution is 7.15. The second-order valence-electron chi connectivity index (χ2n) is 7.57. The third kappa shape index (κ3) is 3.76. The third-order valence-electron chi connectivity index (χ3n) is 5.14. The zero-order valence-corrected chi connectivity index (χ0v) is 17.9. The third-order valence-corrected chi connectivity index (χ3v) is 6.25. The number of nitrogens with zero attached hydrogens (tertiary/aromatic N) is 5. The Balaban J connectivity index is 1.83. The van der Waals surface area contributed by atoms with Gasteiger partial charge in [0.25, 0.3) is 0 Å². The molecule has 0 bridgehead atoms. The van der Waals surface area contributed by atoms with Gasteiger partial charge in [-0.05, 0) is 37.8 Å². The lowest BCUT2D eigenvalue weighted by Gasteiger charge is -2.08. The number of aryl methyl sites for hydroxylation is 2. The van der Waals surface area contributed by atoms with Gasteiger partial charge in [0.15, 0.2) is 0 Å². The van der Waals surface area contributed by atoms with Crippen LogP contribution >= 0.6 is 11.3 Å². The molecule has 3 heterocycles. The molecule has 0 fully saturated rings. The van der Waals surface area contributed by atoms with Crippen LogP contribution in [-0.4, -0.2) is 44.7 Å². The molecule has 0 radical (unpaired) electrons. The first-order chi connectivity index (χ1) is 14.0. The van der Waals surface area contributed by atoms with Crippen molar-refractivity contribution >= 4 is 23.1 Å². The van der Waals surface area contributed by atoms with Gasteiger partial charge in [0.1, 0.15) is 10.8 Å². The Morgan fingerprint density at radius 3 is 2.83 bits per heavy atom. The molecule has 2 N–H and O–H groups in total. The predicted octanol–water partition coefficient (Wildman–Crippen LogP) is 3.18. The average molecular weight is 411 g/mol. The summed E-state index contributed by atoms with van der Waals surface area (Å²) < 4.78 is 2.11. The smallest absolute Gasteiger partial charge is 0.228 e. The number of aromatic nitrogens is 4. The molecule has 7 nitrogen and oxygen atoms in total. The van der Waals surface area contributed by atoms with Crippen molar-refractivity contribution in [3.05, 3.63) is 34.6 Å². The quantitative estimate of drug-likeness (QED) is 0.698. The van der Waals surface area contributed by atoms with Crippen LogP contribution in [0.15, 0.2) is 18.3 Å². The Kier molecular flexibility index (Phi) is 5.36. The van der Waals surface area contributed by atoms with Crippen LogP contribution < -0.4 is 5.73 Å². The maximum absolute atomic E-state index is 12.2. The van der Waals surface area contributed by atoms with Crippen LogP contribution in [0, 0.1) is 0 Å². The molecule has 4 rings (SSSR count). The second kappa shape index (κ2) is 7.94. The van der Waals surface area contributed by atoms with Gasteiger partial charge in [-0.1, -0.05) is 6.92 Å². The second-order valence-corrected chi connectivity index (χ2v) is 8.66. The van der Waals surface area contributed by atoms with Crippen molar-refractivity contribution in [3.63, 3.8) is 0 Å². The Morgan fingerprint density at radius 2 is 2.14 bits per heavy atom. The first-order valence-electron chi connectivity index (χ1n) is 9.98. The molecule has 1 amide bonds. The maximum Gasteiger partial charge on any atom is 0.228 e. The van der Waals surface area contributed by atoms with Crippen molar-refractivity contribution in [2.24, 2.45) is 0 Å². The Labute approximate surface area is 174 Å². The number of anilines is 1. The number of nitrogen functional groups attached to an aromatic ring is 1. The molecule has 0 spiro atoms. The van der Waals surface area contributed by atoms with Crippen LogP contribution in [0.3, 0.4) is 0 Å². The van der Waals surface area contributed by atoms with E-state index in [1.54, 1.807) is 36.5 Å². The van der Waals surface area contributed by atoms with E-state index in [9.17, 15) is 4.79 Å². The number of hydrogen-bond donors (Lipinski definition) is 1. The topological polar surface area (TPSA) is 89.9 Å². The zero-order chi connectivity index (χ0) is 20.5. The van der Waals surface area contributed by atoms with Crippen LogP contribution in [-0.2, 0) is 30.6 Å². The summed E-state index contributed by atoms with van der Waals surface area (Å²) in [5.41, 5.74) is 11.2. The van der Waals surface area contributed by atoms with E-state index in [1.165, 1.54) is 5.56 Å². The fourth-order valence-electron chi connectivity index (χ4n) is 3.69. The molecule has 0 aliphatic heterocycles. The maximum atomic E-state index is 12.2. The predicted molar refractivity (Wildman–Crippen MR) is 116 cm³/mol. The zero-order valence-electron chi connectivity index (χ0n) is 17.1. The summed E-state index contributed by atoms with van der Waals surface area (Å²) in [6.45, 7) is 3.00. The van der Waals surface area contributed by atoms with E-state index in [4.69, 9.17) is 15.8 Å². The van der Waals surface area contributed by atoms with E-state index >= 15 is 0 Å². The highest BCUT2D eigenvalue weighted by Gasteiger charge is 2.27. The molecule has 0 saturated heterocycles. The van der Waals surface area contributed by atoms with E-state index < -0.39 is 0 Å². The van der Waals surface area contributed by atoms with Gasteiger partial charge in [-0.15, -0.1) is 11.3 Å². The number of likely N-dealkylation sites (N-methyl/N-ethyl adjacent to an activating group) is 1. The van der Waals surface area contributed by atoms with Crippen molar-refractivity contribution in [3.8, 4) is 21.8 Å². The molecule has 1 aliphatic rings. The molecular formula is C21H26N6OS. The molecule has 0 aromatic carbocycles. The highest BCUT2D eigenvalue weighted by Crippen LogP contribution is 2.41. The minimum Gasteiger partial charge on any atom is -0.384 e. The van der Waals surface area contributed by atoms with Gasteiger partial charge in [-0.2, -0.15) is 5.10 Å². The van der Waals surface area contributed by atoms with Gasteiger partial charge in [-0.25, -0.2) is 9.97 Å². The number of pyridine rings is 1.